The summed E-state index contributed by atoms with van der Waals surface area (Å²) in [6.45, 7) is 3.61. The molecule has 1 saturated heterocycles. The van der Waals surface area contributed by atoms with Crippen molar-refractivity contribution in [2.75, 3.05) is 26.2 Å². The molecule has 2 aromatic rings. The number of likely N-dealkylation sites (tertiary alicyclic amines) is 1. The molecule has 2 aromatic carbocycles. The first-order valence-corrected chi connectivity index (χ1v) is 10.3. The van der Waals surface area contributed by atoms with E-state index in [2.05, 4.69) is 35.2 Å². The molecule has 0 amide bonds. The number of rotatable bonds is 5. The van der Waals surface area contributed by atoms with Crippen molar-refractivity contribution >= 4 is 0 Å². The Labute approximate surface area is 166 Å². The monoisotopic (exact) mass is 382 g/mol. The average molecular weight is 383 g/mol. The molecule has 4 N–H and O–H groups in total. The number of nitrogens with zero attached hydrogens (tertiary/aromatic N) is 1. The molecule has 2 aliphatic heterocycles. The first kappa shape index (κ1) is 19.2. The number of benzene rings is 2. The summed E-state index contributed by atoms with van der Waals surface area (Å²) >= 11 is 0. The third-order valence-electron chi connectivity index (χ3n) is 6.32. The van der Waals surface area contributed by atoms with Crippen LogP contribution in [-0.4, -0.2) is 47.4 Å². The molecule has 0 aliphatic carbocycles. The molecule has 2 aliphatic rings. The van der Waals surface area contributed by atoms with E-state index in [4.69, 9.17) is 10.5 Å². The van der Waals surface area contributed by atoms with Crippen molar-refractivity contribution in [3.8, 4) is 11.5 Å². The molecular formula is C23H30N2O3. The molecule has 0 bridgehead atoms. The van der Waals surface area contributed by atoms with Crippen molar-refractivity contribution in [2.45, 2.75) is 37.9 Å². The Kier molecular flexibility index (Phi) is 5.85. The Bertz CT molecular complexity index is 788. The second kappa shape index (κ2) is 8.52. The number of phenolic OH excluding ortho intramolecular Hbond substituents is 2. The minimum atomic E-state index is -0.212. The molecule has 2 atom stereocenters. The fourth-order valence-electron chi connectivity index (χ4n) is 4.63. The van der Waals surface area contributed by atoms with Crippen molar-refractivity contribution in [3.63, 3.8) is 0 Å². The zero-order valence-corrected chi connectivity index (χ0v) is 16.3. The summed E-state index contributed by atoms with van der Waals surface area (Å²) in [6, 6.07) is 14.0. The Balaban J connectivity index is 1.36. The fourth-order valence-corrected chi connectivity index (χ4v) is 4.63. The molecule has 0 aromatic heterocycles. The van der Waals surface area contributed by atoms with E-state index in [1.807, 2.05) is 6.07 Å². The zero-order chi connectivity index (χ0) is 19.5. The van der Waals surface area contributed by atoms with Gasteiger partial charge in [0.25, 0.3) is 0 Å². The topological polar surface area (TPSA) is 79.0 Å². The van der Waals surface area contributed by atoms with Crippen LogP contribution in [0.1, 0.15) is 35.6 Å². The number of hydrogen-bond acceptors (Lipinski definition) is 5. The number of nitrogens with two attached hydrogens (primary N) is 1. The van der Waals surface area contributed by atoms with E-state index in [0.29, 0.717) is 18.9 Å². The number of ether oxygens (including phenoxy) is 1. The van der Waals surface area contributed by atoms with Crippen LogP contribution in [0.2, 0.25) is 0 Å². The normalized spacial score (nSPS) is 23.5. The van der Waals surface area contributed by atoms with Gasteiger partial charge in [-0.15, -0.1) is 0 Å². The predicted octanol–water partition coefficient (Wildman–Crippen LogP) is 2.99. The van der Waals surface area contributed by atoms with E-state index in [0.717, 1.165) is 50.0 Å². The van der Waals surface area contributed by atoms with Gasteiger partial charge in [-0.3, -0.25) is 0 Å². The van der Waals surface area contributed by atoms with Gasteiger partial charge in [0.15, 0.2) is 11.5 Å². The maximum absolute atomic E-state index is 10.3. The highest BCUT2D eigenvalue weighted by molar-refractivity contribution is 5.51. The SMILES string of the molecule is NC[C@@H]1O[C@H](C2CCN(CCc3ccccc3)CC2)Cc2c1ccc(O)c2O. The molecule has 0 spiro atoms. The minimum Gasteiger partial charge on any atom is -0.504 e. The predicted molar refractivity (Wildman–Crippen MR) is 109 cm³/mol. The molecule has 28 heavy (non-hydrogen) atoms. The van der Waals surface area contributed by atoms with Crippen LogP contribution in [0.15, 0.2) is 42.5 Å². The van der Waals surface area contributed by atoms with Crippen LogP contribution in [0.25, 0.3) is 0 Å². The van der Waals surface area contributed by atoms with Gasteiger partial charge in [-0.05, 0) is 55.5 Å². The van der Waals surface area contributed by atoms with Crippen LogP contribution in [0, 0.1) is 5.92 Å². The average Bonchev–Trinajstić information content (AvgIpc) is 2.75. The fraction of sp³-hybridized carbons (Fsp3) is 0.478. The van der Waals surface area contributed by atoms with Crippen molar-refractivity contribution in [1.82, 2.24) is 4.90 Å². The van der Waals surface area contributed by atoms with E-state index in [1.165, 1.54) is 11.6 Å². The van der Waals surface area contributed by atoms with Gasteiger partial charge in [0.2, 0.25) is 0 Å². The summed E-state index contributed by atoms with van der Waals surface area (Å²) in [4.78, 5) is 2.53. The number of phenols is 2. The molecule has 2 heterocycles. The molecule has 5 heteroatoms. The summed E-state index contributed by atoms with van der Waals surface area (Å²) in [5.74, 6) is 0.382. The lowest BCUT2D eigenvalue weighted by Crippen LogP contribution is -2.42. The Hall–Kier alpha value is -2.08. The molecule has 0 unspecified atom stereocenters. The smallest absolute Gasteiger partial charge is 0.161 e. The van der Waals surface area contributed by atoms with Gasteiger partial charge >= 0.3 is 0 Å². The Morgan fingerprint density at radius 1 is 1.04 bits per heavy atom. The quantitative estimate of drug-likeness (QED) is 0.693. The van der Waals surface area contributed by atoms with Gasteiger partial charge in [-0.25, -0.2) is 0 Å². The summed E-state index contributed by atoms with van der Waals surface area (Å²) < 4.78 is 6.32. The van der Waals surface area contributed by atoms with Crippen LogP contribution in [0.3, 0.4) is 0 Å². The van der Waals surface area contributed by atoms with Crippen molar-refractivity contribution < 1.29 is 14.9 Å². The van der Waals surface area contributed by atoms with Gasteiger partial charge in [0.05, 0.1) is 12.2 Å². The standard InChI is InChI=1S/C23H30N2O3/c24-15-22-18-6-7-20(26)23(27)19(18)14-21(28-22)17-9-12-25(13-10-17)11-8-16-4-2-1-3-5-16/h1-7,17,21-22,26-27H,8-15,24H2/t21-,22-/m0/s1. The number of piperidine rings is 1. The molecule has 0 saturated carbocycles. The molecule has 5 nitrogen and oxygen atoms in total. The second-order valence-corrected chi connectivity index (χ2v) is 8.02. The van der Waals surface area contributed by atoms with Crippen LogP contribution >= 0.6 is 0 Å². The summed E-state index contributed by atoms with van der Waals surface area (Å²) in [5, 5.41) is 20.2. The van der Waals surface area contributed by atoms with E-state index in [1.54, 1.807) is 0 Å². The van der Waals surface area contributed by atoms with Crippen molar-refractivity contribution in [1.29, 1.82) is 0 Å². The Morgan fingerprint density at radius 2 is 1.79 bits per heavy atom. The summed E-state index contributed by atoms with van der Waals surface area (Å²) in [7, 11) is 0. The number of hydrogen-bond donors (Lipinski definition) is 3. The lowest BCUT2D eigenvalue weighted by molar-refractivity contribution is -0.0646. The van der Waals surface area contributed by atoms with E-state index >= 15 is 0 Å². The van der Waals surface area contributed by atoms with Crippen molar-refractivity contribution in [2.24, 2.45) is 11.7 Å². The van der Waals surface area contributed by atoms with Gasteiger partial charge in [-0.2, -0.15) is 0 Å². The highest BCUT2D eigenvalue weighted by Gasteiger charge is 2.35. The third kappa shape index (κ3) is 4.02. The number of aromatic hydroxyl groups is 2. The van der Waals surface area contributed by atoms with E-state index in [-0.39, 0.29) is 23.7 Å². The van der Waals surface area contributed by atoms with Crippen LogP contribution in [0.4, 0.5) is 0 Å². The largest absolute Gasteiger partial charge is 0.504 e. The molecule has 0 radical (unpaired) electrons. The van der Waals surface area contributed by atoms with Crippen LogP contribution in [0.5, 0.6) is 11.5 Å². The maximum Gasteiger partial charge on any atom is 0.161 e. The molecule has 4 rings (SSSR count). The lowest BCUT2D eigenvalue weighted by atomic mass is 9.83. The van der Waals surface area contributed by atoms with Crippen LogP contribution in [-0.2, 0) is 17.6 Å². The molecule has 1 fully saturated rings. The summed E-state index contributed by atoms with van der Waals surface area (Å²) in [5.41, 5.74) is 9.04. The Morgan fingerprint density at radius 3 is 2.50 bits per heavy atom. The van der Waals surface area contributed by atoms with Gasteiger partial charge in [-0.1, -0.05) is 36.4 Å². The first-order chi connectivity index (χ1) is 13.7. The maximum atomic E-state index is 10.3. The van der Waals surface area contributed by atoms with Gasteiger partial charge in [0, 0.05) is 25.1 Å². The second-order valence-electron chi connectivity index (χ2n) is 8.02. The zero-order valence-electron chi connectivity index (χ0n) is 16.3. The van der Waals surface area contributed by atoms with Gasteiger partial charge in [0.1, 0.15) is 0 Å². The first-order valence-electron chi connectivity index (χ1n) is 10.3. The lowest BCUT2D eigenvalue weighted by Gasteiger charge is -2.40. The van der Waals surface area contributed by atoms with E-state index in [9.17, 15) is 10.2 Å². The molecule has 150 valence electrons. The van der Waals surface area contributed by atoms with E-state index < -0.39 is 0 Å². The molecular weight excluding hydrogens is 352 g/mol. The number of fused-ring (bicyclic) bond motifs is 1. The third-order valence-corrected chi connectivity index (χ3v) is 6.32. The van der Waals surface area contributed by atoms with Crippen LogP contribution < -0.4 is 5.73 Å². The summed E-state index contributed by atoms with van der Waals surface area (Å²) in [6.07, 6.45) is 3.74. The highest BCUT2D eigenvalue weighted by atomic mass is 16.5. The van der Waals surface area contributed by atoms with Crippen molar-refractivity contribution in [3.05, 3.63) is 59.2 Å². The van der Waals surface area contributed by atoms with Gasteiger partial charge < -0.3 is 25.6 Å². The minimum absolute atomic E-state index is 0.00968. The highest BCUT2D eigenvalue weighted by Crippen LogP contribution is 2.42.